The first-order valence-electron chi connectivity index (χ1n) is 7.33. The molecule has 0 aromatic carbocycles. The van der Waals surface area contributed by atoms with Gasteiger partial charge in [0.25, 0.3) is 5.91 Å². The van der Waals surface area contributed by atoms with Crippen molar-refractivity contribution in [3.05, 3.63) is 51.0 Å². The average Bonchev–Trinajstić information content (AvgIpc) is 3.35. The van der Waals surface area contributed by atoms with Crippen LogP contribution in [0.1, 0.15) is 21.3 Å². The first-order valence-corrected chi connectivity index (χ1v) is 9.15. The highest BCUT2D eigenvalue weighted by atomic mass is 32.1. The summed E-state index contributed by atoms with van der Waals surface area (Å²) < 4.78 is 5.82. The first-order chi connectivity index (χ1) is 11.3. The smallest absolute Gasteiger partial charge is 0.257 e. The molecule has 3 aromatic heterocycles. The van der Waals surface area contributed by atoms with Gasteiger partial charge in [-0.05, 0) is 22.9 Å². The van der Waals surface area contributed by atoms with E-state index in [0.29, 0.717) is 25.3 Å². The van der Waals surface area contributed by atoms with Crippen LogP contribution in [0.3, 0.4) is 0 Å². The molecule has 23 heavy (non-hydrogen) atoms. The molecule has 1 fully saturated rings. The van der Waals surface area contributed by atoms with Crippen LogP contribution in [0.2, 0.25) is 0 Å². The number of nitrogens with one attached hydrogen (secondary N) is 1. The molecule has 1 amide bonds. The molecule has 0 spiro atoms. The van der Waals surface area contributed by atoms with E-state index in [0.717, 1.165) is 16.1 Å². The number of amides is 1. The summed E-state index contributed by atoms with van der Waals surface area (Å²) in [4.78, 5) is 15.9. The second-order valence-corrected chi connectivity index (χ2v) is 7.06. The molecule has 0 aliphatic carbocycles. The number of hydrogen-bond acceptors (Lipinski definition) is 5. The number of carbonyl (C=O) groups excluding carboxylic acids is 1. The van der Waals surface area contributed by atoms with Gasteiger partial charge < -0.3 is 9.64 Å². The van der Waals surface area contributed by atoms with Crippen LogP contribution < -0.4 is 0 Å². The lowest BCUT2D eigenvalue weighted by atomic mass is 10.1. The predicted octanol–water partition coefficient (Wildman–Crippen LogP) is 3.41. The number of rotatable bonds is 3. The van der Waals surface area contributed by atoms with Crippen LogP contribution in [0.4, 0.5) is 0 Å². The first kappa shape index (κ1) is 14.6. The molecule has 1 saturated heterocycles. The standard InChI is InChI=1S/C16H15N3O2S2/c20-16(12-8-17-18-15(12)11-3-7-22-10-11)19-4-5-21-13(9-19)14-2-1-6-23-14/h1-3,6-8,10,13H,4-5,9H2,(H,17,18)/t13-/m0/s1. The van der Waals surface area contributed by atoms with E-state index in [4.69, 9.17) is 4.74 Å². The van der Waals surface area contributed by atoms with Gasteiger partial charge in [-0.15, -0.1) is 11.3 Å². The van der Waals surface area contributed by atoms with Gasteiger partial charge in [0.2, 0.25) is 0 Å². The number of nitrogens with zero attached hydrogens (tertiary/aromatic N) is 2. The van der Waals surface area contributed by atoms with Gasteiger partial charge in [0.1, 0.15) is 6.10 Å². The molecule has 0 radical (unpaired) electrons. The molecule has 118 valence electrons. The second-order valence-electron chi connectivity index (χ2n) is 5.30. The SMILES string of the molecule is O=C(c1cn[nH]c1-c1ccsc1)N1CCO[C@H](c2cccs2)C1. The summed E-state index contributed by atoms with van der Waals surface area (Å²) in [5.41, 5.74) is 2.41. The van der Waals surface area contributed by atoms with Crippen molar-refractivity contribution in [2.45, 2.75) is 6.10 Å². The zero-order chi connectivity index (χ0) is 15.6. The average molecular weight is 345 g/mol. The van der Waals surface area contributed by atoms with Crippen molar-refractivity contribution >= 4 is 28.6 Å². The highest BCUT2D eigenvalue weighted by Crippen LogP contribution is 2.29. The Morgan fingerprint density at radius 1 is 1.39 bits per heavy atom. The van der Waals surface area contributed by atoms with Crippen molar-refractivity contribution in [1.29, 1.82) is 0 Å². The Labute approximate surface area is 141 Å². The van der Waals surface area contributed by atoms with Crippen molar-refractivity contribution in [2.24, 2.45) is 0 Å². The van der Waals surface area contributed by atoms with E-state index in [2.05, 4.69) is 16.3 Å². The molecule has 0 saturated carbocycles. The van der Waals surface area contributed by atoms with E-state index >= 15 is 0 Å². The molecule has 0 bridgehead atoms. The minimum Gasteiger partial charge on any atom is -0.369 e. The van der Waals surface area contributed by atoms with Gasteiger partial charge in [0.05, 0.1) is 30.6 Å². The molecule has 1 atom stereocenters. The van der Waals surface area contributed by atoms with Gasteiger partial charge in [-0.2, -0.15) is 16.4 Å². The fourth-order valence-corrected chi connectivity index (χ4v) is 4.14. The number of aromatic amines is 1. The van der Waals surface area contributed by atoms with Crippen LogP contribution in [0, 0.1) is 0 Å². The van der Waals surface area contributed by atoms with Gasteiger partial charge >= 0.3 is 0 Å². The van der Waals surface area contributed by atoms with Crippen LogP contribution in [0.15, 0.2) is 40.5 Å². The lowest BCUT2D eigenvalue weighted by molar-refractivity contribution is -0.0211. The molecule has 1 aliphatic heterocycles. The molecular weight excluding hydrogens is 330 g/mol. The fourth-order valence-electron chi connectivity index (χ4n) is 2.73. The van der Waals surface area contributed by atoms with Crippen molar-refractivity contribution in [3.8, 4) is 11.3 Å². The second kappa shape index (κ2) is 6.27. The largest absolute Gasteiger partial charge is 0.369 e. The molecule has 7 heteroatoms. The van der Waals surface area contributed by atoms with Gasteiger partial charge in [0, 0.05) is 22.4 Å². The number of thiophene rings is 2. The number of ether oxygens (including phenoxy) is 1. The van der Waals surface area contributed by atoms with E-state index in [1.165, 1.54) is 0 Å². The highest BCUT2D eigenvalue weighted by molar-refractivity contribution is 7.10. The maximum absolute atomic E-state index is 12.9. The minimum absolute atomic E-state index is 0.00445. The summed E-state index contributed by atoms with van der Waals surface area (Å²) >= 11 is 3.26. The van der Waals surface area contributed by atoms with Gasteiger partial charge in [-0.1, -0.05) is 6.07 Å². The molecule has 1 N–H and O–H groups in total. The van der Waals surface area contributed by atoms with Crippen LogP contribution in [-0.2, 0) is 4.74 Å². The quantitative estimate of drug-likeness (QED) is 0.791. The summed E-state index contributed by atoms with van der Waals surface area (Å²) in [5, 5.41) is 13.0. The number of H-pyrrole nitrogens is 1. The summed E-state index contributed by atoms with van der Waals surface area (Å²) in [6.45, 7) is 1.74. The summed E-state index contributed by atoms with van der Waals surface area (Å²) in [6.07, 6.45) is 1.58. The maximum atomic E-state index is 12.9. The number of carbonyl (C=O) groups is 1. The molecule has 4 heterocycles. The summed E-state index contributed by atoms with van der Waals surface area (Å²) in [7, 11) is 0. The third-order valence-corrected chi connectivity index (χ3v) is 5.54. The van der Waals surface area contributed by atoms with E-state index in [-0.39, 0.29) is 12.0 Å². The summed E-state index contributed by atoms with van der Waals surface area (Å²) in [6, 6.07) is 6.05. The van der Waals surface area contributed by atoms with Crippen LogP contribution >= 0.6 is 22.7 Å². The lowest BCUT2D eigenvalue weighted by Gasteiger charge is -2.32. The molecule has 1 aliphatic rings. The molecular formula is C16H15N3O2S2. The Hall–Kier alpha value is -1.96. The Morgan fingerprint density at radius 3 is 3.13 bits per heavy atom. The zero-order valence-corrected chi connectivity index (χ0v) is 13.9. The highest BCUT2D eigenvalue weighted by Gasteiger charge is 2.28. The fraction of sp³-hybridized carbons (Fsp3) is 0.250. The van der Waals surface area contributed by atoms with E-state index in [1.54, 1.807) is 28.9 Å². The minimum atomic E-state index is -0.0378. The molecule has 4 rings (SSSR count). The van der Waals surface area contributed by atoms with E-state index in [9.17, 15) is 4.79 Å². The Kier molecular flexibility index (Phi) is 3.99. The van der Waals surface area contributed by atoms with Gasteiger partial charge in [-0.3, -0.25) is 9.89 Å². The Balaban J connectivity index is 1.56. The topological polar surface area (TPSA) is 58.2 Å². The molecule has 3 aromatic rings. The Bertz CT molecular complexity index is 780. The normalized spacial score (nSPS) is 18.3. The van der Waals surface area contributed by atoms with Crippen molar-refractivity contribution < 1.29 is 9.53 Å². The maximum Gasteiger partial charge on any atom is 0.257 e. The van der Waals surface area contributed by atoms with E-state index < -0.39 is 0 Å². The van der Waals surface area contributed by atoms with Crippen molar-refractivity contribution in [2.75, 3.05) is 19.7 Å². The predicted molar refractivity (Wildman–Crippen MR) is 90.8 cm³/mol. The summed E-state index contributed by atoms with van der Waals surface area (Å²) in [5.74, 6) is 0.00445. The van der Waals surface area contributed by atoms with Crippen LogP contribution in [-0.4, -0.2) is 40.7 Å². The van der Waals surface area contributed by atoms with Crippen LogP contribution in [0.5, 0.6) is 0 Å². The third kappa shape index (κ3) is 2.83. The van der Waals surface area contributed by atoms with Crippen molar-refractivity contribution in [3.63, 3.8) is 0 Å². The Morgan fingerprint density at radius 2 is 2.35 bits per heavy atom. The molecule has 0 unspecified atom stereocenters. The zero-order valence-electron chi connectivity index (χ0n) is 12.3. The molecule has 5 nitrogen and oxygen atoms in total. The third-order valence-electron chi connectivity index (χ3n) is 3.89. The van der Waals surface area contributed by atoms with Gasteiger partial charge in [0.15, 0.2) is 0 Å². The van der Waals surface area contributed by atoms with Crippen molar-refractivity contribution in [1.82, 2.24) is 15.1 Å². The number of hydrogen-bond donors (Lipinski definition) is 1. The van der Waals surface area contributed by atoms with Gasteiger partial charge in [-0.25, -0.2) is 0 Å². The monoisotopic (exact) mass is 345 g/mol. The lowest BCUT2D eigenvalue weighted by Crippen LogP contribution is -2.42. The van der Waals surface area contributed by atoms with Crippen LogP contribution in [0.25, 0.3) is 11.3 Å². The van der Waals surface area contributed by atoms with E-state index in [1.807, 2.05) is 33.2 Å². The number of morpholine rings is 1. The number of aromatic nitrogens is 2.